The minimum absolute atomic E-state index is 0.00990. The molecule has 0 radical (unpaired) electrons. The van der Waals surface area contributed by atoms with Gasteiger partial charge in [0, 0.05) is 5.02 Å². The van der Waals surface area contributed by atoms with Crippen LogP contribution in [0.5, 0.6) is 0 Å². The highest BCUT2D eigenvalue weighted by molar-refractivity contribution is 6.30. The maximum atomic E-state index is 11.9. The Labute approximate surface area is 112 Å². The van der Waals surface area contributed by atoms with Gasteiger partial charge in [0.1, 0.15) is 0 Å². The average molecular weight is 268 g/mol. The standard InChI is InChI=1S/C14H18ClNO2/c1-14(9-17,11-4-5-11)16-13(18)8-10-2-6-12(15)7-3-10/h2-3,6-7,11,17H,4-5,8-9H2,1H3,(H,16,18). The smallest absolute Gasteiger partial charge is 0.224 e. The van der Waals surface area contributed by atoms with E-state index in [-0.39, 0.29) is 12.5 Å². The van der Waals surface area contributed by atoms with Gasteiger partial charge in [-0.3, -0.25) is 4.79 Å². The van der Waals surface area contributed by atoms with E-state index >= 15 is 0 Å². The van der Waals surface area contributed by atoms with Crippen LogP contribution in [0.25, 0.3) is 0 Å². The normalized spacial score (nSPS) is 18.2. The molecule has 4 heteroatoms. The predicted octanol–water partition coefficient (Wildman–Crippen LogP) is 2.16. The SMILES string of the molecule is CC(CO)(NC(=O)Cc1ccc(Cl)cc1)C1CC1. The van der Waals surface area contributed by atoms with E-state index < -0.39 is 5.54 Å². The molecule has 1 unspecified atom stereocenters. The van der Waals surface area contributed by atoms with E-state index in [1.165, 1.54) is 0 Å². The van der Waals surface area contributed by atoms with Crippen LogP contribution in [-0.4, -0.2) is 23.2 Å². The second-order valence-electron chi connectivity index (χ2n) is 5.20. The first-order valence-electron chi connectivity index (χ1n) is 6.20. The number of aliphatic hydroxyl groups excluding tert-OH is 1. The summed E-state index contributed by atoms with van der Waals surface area (Å²) in [5, 5.41) is 13.0. The largest absolute Gasteiger partial charge is 0.394 e. The molecule has 98 valence electrons. The van der Waals surface area contributed by atoms with Crippen LogP contribution >= 0.6 is 11.6 Å². The van der Waals surface area contributed by atoms with Crippen molar-refractivity contribution in [3.8, 4) is 0 Å². The van der Waals surface area contributed by atoms with Gasteiger partial charge in [0.2, 0.25) is 5.91 Å². The minimum atomic E-state index is -0.469. The van der Waals surface area contributed by atoms with Crippen molar-refractivity contribution in [2.75, 3.05) is 6.61 Å². The van der Waals surface area contributed by atoms with E-state index in [0.717, 1.165) is 18.4 Å². The molecule has 1 fully saturated rings. The minimum Gasteiger partial charge on any atom is -0.394 e. The summed E-state index contributed by atoms with van der Waals surface area (Å²) in [5.74, 6) is 0.359. The zero-order chi connectivity index (χ0) is 13.2. The number of hydrogen-bond donors (Lipinski definition) is 2. The molecule has 1 aliphatic rings. The second kappa shape index (κ2) is 5.29. The van der Waals surface area contributed by atoms with Gasteiger partial charge in [0.15, 0.2) is 0 Å². The van der Waals surface area contributed by atoms with Gasteiger partial charge in [0.05, 0.1) is 18.6 Å². The molecule has 0 saturated heterocycles. The summed E-state index contributed by atoms with van der Waals surface area (Å²) >= 11 is 5.79. The topological polar surface area (TPSA) is 49.3 Å². The zero-order valence-corrected chi connectivity index (χ0v) is 11.2. The lowest BCUT2D eigenvalue weighted by atomic mass is 9.96. The highest BCUT2D eigenvalue weighted by Crippen LogP contribution is 2.39. The van der Waals surface area contributed by atoms with Gasteiger partial charge in [-0.25, -0.2) is 0 Å². The number of carbonyl (C=O) groups excluding carboxylic acids is 1. The lowest BCUT2D eigenvalue weighted by Crippen LogP contribution is -2.51. The van der Waals surface area contributed by atoms with Crippen LogP contribution in [0.4, 0.5) is 0 Å². The Morgan fingerprint density at radius 3 is 2.56 bits per heavy atom. The summed E-state index contributed by atoms with van der Waals surface area (Å²) in [4.78, 5) is 11.9. The Morgan fingerprint density at radius 2 is 2.06 bits per heavy atom. The van der Waals surface area contributed by atoms with Crippen LogP contribution in [0.3, 0.4) is 0 Å². The summed E-state index contributed by atoms with van der Waals surface area (Å²) in [6, 6.07) is 7.23. The van der Waals surface area contributed by atoms with Crippen LogP contribution in [0, 0.1) is 5.92 Å². The molecule has 1 aliphatic carbocycles. The first kappa shape index (κ1) is 13.4. The monoisotopic (exact) mass is 267 g/mol. The fourth-order valence-corrected chi connectivity index (χ4v) is 2.27. The van der Waals surface area contributed by atoms with Crippen molar-refractivity contribution in [2.24, 2.45) is 5.92 Å². The summed E-state index contributed by atoms with van der Waals surface area (Å²) in [7, 11) is 0. The molecule has 3 nitrogen and oxygen atoms in total. The Hall–Kier alpha value is -1.06. The summed E-state index contributed by atoms with van der Waals surface area (Å²) in [6.07, 6.45) is 2.48. The van der Waals surface area contributed by atoms with Crippen LogP contribution < -0.4 is 5.32 Å². The Balaban J connectivity index is 1.93. The number of aliphatic hydroxyl groups is 1. The number of carbonyl (C=O) groups is 1. The molecule has 0 spiro atoms. The first-order chi connectivity index (χ1) is 8.53. The molecule has 1 aromatic carbocycles. The quantitative estimate of drug-likeness (QED) is 0.859. The number of amides is 1. The predicted molar refractivity (Wildman–Crippen MR) is 71.5 cm³/mol. The van der Waals surface area contributed by atoms with Gasteiger partial charge in [-0.05, 0) is 43.4 Å². The first-order valence-corrected chi connectivity index (χ1v) is 6.57. The van der Waals surface area contributed by atoms with Crippen LogP contribution in [0.2, 0.25) is 5.02 Å². The molecule has 1 aromatic rings. The highest BCUT2D eigenvalue weighted by atomic mass is 35.5. The van der Waals surface area contributed by atoms with Gasteiger partial charge in [-0.1, -0.05) is 23.7 Å². The van der Waals surface area contributed by atoms with Crippen LogP contribution in [0.15, 0.2) is 24.3 Å². The molecule has 0 aliphatic heterocycles. The molecule has 1 saturated carbocycles. The van der Waals surface area contributed by atoms with Crippen LogP contribution in [-0.2, 0) is 11.2 Å². The third-order valence-corrected chi connectivity index (χ3v) is 3.76. The fourth-order valence-electron chi connectivity index (χ4n) is 2.14. The number of halogens is 1. The van der Waals surface area contributed by atoms with Crippen molar-refractivity contribution in [1.82, 2.24) is 5.32 Å². The van der Waals surface area contributed by atoms with Gasteiger partial charge in [0.25, 0.3) is 0 Å². The molecular formula is C14H18ClNO2. The molecule has 2 rings (SSSR count). The van der Waals surface area contributed by atoms with E-state index in [1.54, 1.807) is 12.1 Å². The van der Waals surface area contributed by atoms with E-state index in [4.69, 9.17) is 11.6 Å². The molecule has 0 bridgehead atoms. The van der Waals surface area contributed by atoms with Crippen molar-refractivity contribution in [3.05, 3.63) is 34.9 Å². The number of benzene rings is 1. The molecule has 1 amide bonds. The fraction of sp³-hybridized carbons (Fsp3) is 0.500. The molecular weight excluding hydrogens is 250 g/mol. The third kappa shape index (κ3) is 3.24. The number of rotatable bonds is 5. The van der Waals surface area contributed by atoms with Gasteiger partial charge in [-0.15, -0.1) is 0 Å². The van der Waals surface area contributed by atoms with E-state index in [1.807, 2.05) is 19.1 Å². The summed E-state index contributed by atoms with van der Waals surface area (Å²) in [5.41, 5.74) is 0.455. The second-order valence-corrected chi connectivity index (χ2v) is 5.64. The lowest BCUT2D eigenvalue weighted by Gasteiger charge is -2.28. The van der Waals surface area contributed by atoms with Crippen molar-refractivity contribution in [2.45, 2.75) is 31.7 Å². The zero-order valence-electron chi connectivity index (χ0n) is 10.4. The number of nitrogens with one attached hydrogen (secondary N) is 1. The van der Waals surface area contributed by atoms with Crippen molar-refractivity contribution >= 4 is 17.5 Å². The molecule has 2 N–H and O–H groups in total. The van der Waals surface area contributed by atoms with Gasteiger partial charge >= 0.3 is 0 Å². The maximum absolute atomic E-state index is 11.9. The van der Waals surface area contributed by atoms with Gasteiger partial charge < -0.3 is 10.4 Å². The number of hydrogen-bond acceptors (Lipinski definition) is 2. The molecule has 1 atom stereocenters. The Morgan fingerprint density at radius 1 is 1.44 bits per heavy atom. The van der Waals surface area contributed by atoms with Crippen molar-refractivity contribution < 1.29 is 9.90 Å². The highest BCUT2D eigenvalue weighted by Gasteiger charge is 2.41. The Kier molecular flexibility index (Phi) is 3.93. The third-order valence-electron chi connectivity index (χ3n) is 3.51. The maximum Gasteiger partial charge on any atom is 0.224 e. The average Bonchev–Trinajstić information content (AvgIpc) is 3.16. The molecule has 0 heterocycles. The van der Waals surface area contributed by atoms with Crippen molar-refractivity contribution in [3.63, 3.8) is 0 Å². The summed E-state index contributed by atoms with van der Waals surface area (Å²) < 4.78 is 0. The molecule has 18 heavy (non-hydrogen) atoms. The summed E-state index contributed by atoms with van der Waals surface area (Å²) in [6.45, 7) is 1.90. The van der Waals surface area contributed by atoms with Crippen molar-refractivity contribution in [1.29, 1.82) is 0 Å². The van der Waals surface area contributed by atoms with Crippen LogP contribution in [0.1, 0.15) is 25.3 Å². The van der Waals surface area contributed by atoms with Gasteiger partial charge in [-0.2, -0.15) is 0 Å². The van der Waals surface area contributed by atoms with E-state index in [2.05, 4.69) is 5.32 Å². The molecule has 0 aromatic heterocycles. The Bertz CT molecular complexity index is 428. The lowest BCUT2D eigenvalue weighted by molar-refractivity contribution is -0.123. The van der Waals surface area contributed by atoms with E-state index in [0.29, 0.717) is 17.4 Å². The van der Waals surface area contributed by atoms with E-state index in [9.17, 15) is 9.90 Å².